The number of aromatic nitrogens is 2. The van der Waals surface area contributed by atoms with Gasteiger partial charge in [0.2, 0.25) is 5.88 Å². The number of methoxy groups -OCH3 is 1. The molecule has 1 heterocycles. The van der Waals surface area contributed by atoms with E-state index < -0.39 is 0 Å². The molecule has 2 N–H and O–H groups in total. The lowest BCUT2D eigenvalue weighted by Gasteiger charge is -2.09. The van der Waals surface area contributed by atoms with Gasteiger partial charge in [-0.25, -0.2) is 0 Å². The van der Waals surface area contributed by atoms with E-state index in [9.17, 15) is 9.59 Å². The summed E-state index contributed by atoms with van der Waals surface area (Å²) in [5, 5.41) is 9.72. The second-order valence-corrected chi connectivity index (χ2v) is 6.59. The minimum atomic E-state index is -0.336. The van der Waals surface area contributed by atoms with E-state index in [0.29, 0.717) is 16.8 Å². The minimum absolute atomic E-state index is 0.211. The Morgan fingerprint density at radius 3 is 2.14 bits per heavy atom. The third kappa shape index (κ3) is 4.37. The van der Waals surface area contributed by atoms with Crippen LogP contribution in [0.2, 0.25) is 0 Å². The van der Waals surface area contributed by atoms with E-state index in [0.717, 1.165) is 16.8 Å². The molecule has 2 amide bonds. The van der Waals surface area contributed by atoms with Gasteiger partial charge >= 0.3 is 0 Å². The molecule has 0 bridgehead atoms. The molecule has 7 nitrogen and oxygen atoms in total. The van der Waals surface area contributed by atoms with Gasteiger partial charge in [0.1, 0.15) is 5.56 Å². The van der Waals surface area contributed by atoms with E-state index in [2.05, 4.69) is 15.7 Å². The quantitative estimate of drug-likeness (QED) is 0.711. The molecule has 144 valence electrons. The zero-order chi connectivity index (χ0) is 20.3. The third-order valence-corrected chi connectivity index (χ3v) is 4.12. The summed E-state index contributed by atoms with van der Waals surface area (Å²) in [6, 6.07) is 12.6. The van der Waals surface area contributed by atoms with Gasteiger partial charge in [-0.1, -0.05) is 6.07 Å². The molecule has 0 aliphatic rings. The van der Waals surface area contributed by atoms with Crippen molar-refractivity contribution in [1.82, 2.24) is 9.78 Å². The number of hydrogen-bond acceptors (Lipinski definition) is 4. The molecule has 1 aromatic heterocycles. The van der Waals surface area contributed by atoms with Crippen molar-refractivity contribution in [3.63, 3.8) is 0 Å². The molecule has 0 fully saturated rings. The highest BCUT2D eigenvalue weighted by molar-refractivity contribution is 6.07. The fourth-order valence-corrected chi connectivity index (χ4v) is 2.93. The SMILES string of the molecule is COc1nn(C)cc1C(=O)Nc1ccc(C(=O)Nc2cc(C)cc(C)c2)cc1. The number of hydrogen-bond donors (Lipinski definition) is 2. The van der Waals surface area contributed by atoms with Crippen LogP contribution in [0.25, 0.3) is 0 Å². The number of carbonyl (C=O) groups is 2. The number of carbonyl (C=O) groups excluding carboxylic acids is 2. The first-order chi connectivity index (χ1) is 13.4. The number of amides is 2. The monoisotopic (exact) mass is 378 g/mol. The van der Waals surface area contributed by atoms with Gasteiger partial charge in [-0.2, -0.15) is 0 Å². The summed E-state index contributed by atoms with van der Waals surface area (Å²) in [6.07, 6.45) is 1.58. The normalized spacial score (nSPS) is 10.4. The van der Waals surface area contributed by atoms with E-state index in [1.807, 2.05) is 32.0 Å². The summed E-state index contributed by atoms with van der Waals surface area (Å²) in [7, 11) is 3.17. The standard InChI is InChI=1S/C21H22N4O3/c1-13-9-14(2)11-17(10-13)23-19(26)15-5-7-16(8-6-15)22-20(27)18-12-25(3)24-21(18)28-4/h5-12H,1-4H3,(H,22,27)(H,23,26). The summed E-state index contributed by atoms with van der Waals surface area (Å²) in [6.45, 7) is 3.97. The lowest BCUT2D eigenvalue weighted by Crippen LogP contribution is -2.14. The number of aryl methyl sites for hydroxylation is 3. The summed E-state index contributed by atoms with van der Waals surface area (Å²) in [5.41, 5.74) is 4.32. The highest BCUT2D eigenvalue weighted by Crippen LogP contribution is 2.19. The lowest BCUT2D eigenvalue weighted by molar-refractivity contribution is 0.101. The number of rotatable bonds is 5. The van der Waals surface area contributed by atoms with E-state index in [1.54, 1.807) is 37.5 Å². The molecule has 0 aliphatic heterocycles. The van der Waals surface area contributed by atoms with Crippen LogP contribution >= 0.6 is 0 Å². The molecule has 2 aromatic carbocycles. The first kappa shape index (κ1) is 19.2. The van der Waals surface area contributed by atoms with Crippen LogP contribution in [0.1, 0.15) is 31.8 Å². The van der Waals surface area contributed by atoms with Gasteiger partial charge in [0, 0.05) is 30.2 Å². The first-order valence-corrected chi connectivity index (χ1v) is 8.74. The second kappa shape index (κ2) is 7.96. The van der Waals surface area contributed by atoms with Crippen LogP contribution in [0.5, 0.6) is 5.88 Å². The molecule has 3 aromatic rings. The van der Waals surface area contributed by atoms with Crippen LogP contribution in [0.3, 0.4) is 0 Å². The fraction of sp³-hybridized carbons (Fsp3) is 0.190. The molecule has 7 heteroatoms. The fourth-order valence-electron chi connectivity index (χ4n) is 2.93. The first-order valence-electron chi connectivity index (χ1n) is 8.74. The summed E-state index contributed by atoms with van der Waals surface area (Å²) in [4.78, 5) is 24.9. The van der Waals surface area contributed by atoms with Crippen molar-refractivity contribution in [1.29, 1.82) is 0 Å². The molecular weight excluding hydrogens is 356 g/mol. The van der Waals surface area contributed by atoms with Gasteiger partial charge in [-0.15, -0.1) is 5.10 Å². The molecule has 0 saturated carbocycles. The van der Waals surface area contributed by atoms with E-state index >= 15 is 0 Å². The van der Waals surface area contributed by atoms with Crippen LogP contribution in [0.15, 0.2) is 48.7 Å². The lowest BCUT2D eigenvalue weighted by atomic mass is 10.1. The smallest absolute Gasteiger partial charge is 0.262 e. The topological polar surface area (TPSA) is 85.2 Å². The van der Waals surface area contributed by atoms with E-state index in [1.165, 1.54) is 11.8 Å². The van der Waals surface area contributed by atoms with E-state index in [4.69, 9.17) is 4.74 Å². The maximum Gasteiger partial charge on any atom is 0.262 e. The molecular formula is C21H22N4O3. The Kier molecular flexibility index (Phi) is 5.44. The Bertz CT molecular complexity index is 1000. The van der Waals surface area contributed by atoms with Crippen LogP contribution in [0, 0.1) is 13.8 Å². The second-order valence-electron chi connectivity index (χ2n) is 6.59. The van der Waals surface area contributed by atoms with Crippen LogP contribution in [0.4, 0.5) is 11.4 Å². The summed E-state index contributed by atoms with van der Waals surface area (Å²) >= 11 is 0. The van der Waals surface area contributed by atoms with Gasteiger partial charge in [0.05, 0.1) is 7.11 Å². The molecule has 0 unspecified atom stereocenters. The van der Waals surface area contributed by atoms with Crippen molar-refractivity contribution in [2.24, 2.45) is 7.05 Å². The number of anilines is 2. The summed E-state index contributed by atoms with van der Waals surface area (Å²) in [5.74, 6) is -0.293. The minimum Gasteiger partial charge on any atom is -0.479 e. The number of nitrogens with zero attached hydrogens (tertiary/aromatic N) is 2. The van der Waals surface area contributed by atoms with Crippen molar-refractivity contribution in [2.75, 3.05) is 17.7 Å². The van der Waals surface area contributed by atoms with Crippen LogP contribution in [-0.2, 0) is 7.05 Å². The largest absolute Gasteiger partial charge is 0.479 e. The predicted octanol–water partition coefficient (Wildman–Crippen LogP) is 3.55. The average molecular weight is 378 g/mol. The maximum absolute atomic E-state index is 12.5. The Morgan fingerprint density at radius 1 is 0.929 bits per heavy atom. The van der Waals surface area contributed by atoms with Gasteiger partial charge in [0.25, 0.3) is 11.8 Å². The molecule has 0 atom stereocenters. The van der Waals surface area contributed by atoms with Gasteiger partial charge < -0.3 is 15.4 Å². The summed E-state index contributed by atoms with van der Waals surface area (Å²) < 4.78 is 6.61. The number of ether oxygens (including phenoxy) is 1. The van der Waals surface area contributed by atoms with Crippen molar-refractivity contribution < 1.29 is 14.3 Å². The molecule has 0 radical (unpaired) electrons. The molecule has 28 heavy (non-hydrogen) atoms. The predicted molar refractivity (Wildman–Crippen MR) is 108 cm³/mol. The molecule has 0 saturated heterocycles. The highest BCUT2D eigenvalue weighted by Gasteiger charge is 2.16. The Morgan fingerprint density at radius 2 is 1.54 bits per heavy atom. The molecule has 0 aliphatic carbocycles. The van der Waals surface area contributed by atoms with Crippen molar-refractivity contribution in [2.45, 2.75) is 13.8 Å². The maximum atomic E-state index is 12.5. The molecule has 3 rings (SSSR count). The number of benzene rings is 2. The van der Waals surface area contributed by atoms with Crippen molar-refractivity contribution in [3.05, 3.63) is 70.9 Å². The average Bonchev–Trinajstić information content (AvgIpc) is 3.02. The van der Waals surface area contributed by atoms with Crippen molar-refractivity contribution in [3.8, 4) is 5.88 Å². The Hall–Kier alpha value is -3.61. The van der Waals surface area contributed by atoms with Crippen LogP contribution < -0.4 is 15.4 Å². The third-order valence-electron chi connectivity index (χ3n) is 4.12. The number of nitrogens with one attached hydrogen (secondary N) is 2. The highest BCUT2D eigenvalue weighted by atomic mass is 16.5. The van der Waals surface area contributed by atoms with Gasteiger partial charge in [0.15, 0.2) is 0 Å². The van der Waals surface area contributed by atoms with Crippen molar-refractivity contribution >= 4 is 23.2 Å². The van der Waals surface area contributed by atoms with E-state index in [-0.39, 0.29) is 17.7 Å². The van der Waals surface area contributed by atoms with Gasteiger partial charge in [-0.05, 0) is 61.4 Å². The zero-order valence-electron chi connectivity index (χ0n) is 16.2. The van der Waals surface area contributed by atoms with Crippen LogP contribution in [-0.4, -0.2) is 28.7 Å². The van der Waals surface area contributed by atoms with Gasteiger partial charge in [-0.3, -0.25) is 14.3 Å². The zero-order valence-corrected chi connectivity index (χ0v) is 16.2. The Labute approximate surface area is 163 Å². The molecule has 0 spiro atoms. The Balaban J connectivity index is 1.69.